The average Bonchev–Trinajstić information content (AvgIpc) is 3.29. The Morgan fingerprint density at radius 3 is 2.92 bits per heavy atom. The summed E-state index contributed by atoms with van der Waals surface area (Å²) in [4.78, 5) is 8.68. The second-order valence-corrected chi connectivity index (χ2v) is 6.71. The summed E-state index contributed by atoms with van der Waals surface area (Å²) < 4.78 is 4.60. The quantitative estimate of drug-likeness (QED) is 0.473. The number of benzene rings is 1. The van der Waals surface area contributed by atoms with Gasteiger partial charge in [0.1, 0.15) is 11.6 Å². The molecule has 0 aliphatic carbocycles. The molecular weight excluding hydrogens is 396 g/mol. The summed E-state index contributed by atoms with van der Waals surface area (Å²) in [7, 11) is 0. The number of fused-ring (bicyclic) bond motifs is 1. The molecule has 4 rings (SSSR count). The molecule has 0 radical (unpaired) electrons. The number of halogens is 1. The summed E-state index contributed by atoms with van der Waals surface area (Å²) in [5.74, 6) is 1.02. The van der Waals surface area contributed by atoms with Gasteiger partial charge >= 0.3 is 0 Å². The highest BCUT2D eigenvalue weighted by Crippen LogP contribution is 2.30. The molecule has 0 saturated heterocycles. The first-order chi connectivity index (χ1) is 12.7. The van der Waals surface area contributed by atoms with Crippen molar-refractivity contribution in [2.45, 2.75) is 13.0 Å². The third-order valence-corrected chi connectivity index (χ3v) is 4.63. The van der Waals surface area contributed by atoms with Gasteiger partial charge in [-0.05, 0) is 34.5 Å². The van der Waals surface area contributed by atoms with Gasteiger partial charge in [-0.3, -0.25) is 0 Å². The fourth-order valence-corrected chi connectivity index (χ4v) is 3.14. The number of anilines is 1. The van der Waals surface area contributed by atoms with E-state index in [4.69, 9.17) is 0 Å². The zero-order chi connectivity index (χ0) is 17.9. The van der Waals surface area contributed by atoms with Crippen molar-refractivity contribution >= 4 is 27.4 Å². The number of aromatic nitrogens is 5. The van der Waals surface area contributed by atoms with Crippen molar-refractivity contribution in [3.8, 4) is 17.0 Å². The number of hydrogen-bond acceptors (Lipinski definition) is 5. The monoisotopic (exact) mass is 412 g/mol. The fourth-order valence-electron chi connectivity index (χ4n) is 2.79. The molecule has 0 fully saturated rings. The second kappa shape index (κ2) is 7.17. The lowest BCUT2D eigenvalue weighted by atomic mass is 10.1. The van der Waals surface area contributed by atoms with E-state index in [1.165, 1.54) is 0 Å². The summed E-state index contributed by atoms with van der Waals surface area (Å²) in [5, 5.41) is 18.0. The Hall–Kier alpha value is -2.87. The van der Waals surface area contributed by atoms with Crippen molar-refractivity contribution in [3.63, 3.8) is 0 Å². The van der Waals surface area contributed by atoms with E-state index in [9.17, 15) is 5.11 Å². The van der Waals surface area contributed by atoms with Gasteiger partial charge in [0.2, 0.25) is 0 Å². The Balaban J connectivity index is 1.61. The van der Waals surface area contributed by atoms with Crippen LogP contribution in [0.25, 0.3) is 16.9 Å². The Kier molecular flexibility index (Phi) is 4.57. The number of imidazole rings is 1. The molecular formula is C18H17BrN6O. The van der Waals surface area contributed by atoms with E-state index in [1.807, 2.05) is 35.3 Å². The van der Waals surface area contributed by atoms with E-state index in [0.29, 0.717) is 16.9 Å². The molecule has 26 heavy (non-hydrogen) atoms. The molecule has 0 saturated carbocycles. The van der Waals surface area contributed by atoms with Crippen LogP contribution >= 0.6 is 15.9 Å². The van der Waals surface area contributed by atoms with Crippen molar-refractivity contribution in [1.82, 2.24) is 24.1 Å². The second-order valence-electron chi connectivity index (χ2n) is 5.85. The van der Waals surface area contributed by atoms with Crippen LogP contribution in [0, 0.1) is 0 Å². The largest absolute Gasteiger partial charge is 0.507 e. The number of phenolic OH excluding ortho intramolecular Hbond substituents is 1. The van der Waals surface area contributed by atoms with Crippen LogP contribution in [0.2, 0.25) is 0 Å². The van der Waals surface area contributed by atoms with Crippen molar-refractivity contribution in [3.05, 3.63) is 59.7 Å². The van der Waals surface area contributed by atoms with Crippen LogP contribution in [-0.2, 0) is 6.54 Å². The highest BCUT2D eigenvalue weighted by molar-refractivity contribution is 9.10. The van der Waals surface area contributed by atoms with E-state index in [0.717, 1.165) is 29.8 Å². The molecule has 1 aromatic carbocycles. The molecule has 132 valence electrons. The van der Waals surface area contributed by atoms with Crippen LogP contribution < -0.4 is 5.32 Å². The lowest BCUT2D eigenvalue weighted by Gasteiger charge is -2.11. The molecule has 0 amide bonds. The van der Waals surface area contributed by atoms with Gasteiger partial charge in [0, 0.05) is 37.1 Å². The zero-order valence-electron chi connectivity index (χ0n) is 13.9. The Bertz CT molecular complexity index is 1030. The number of aromatic hydroxyl groups is 1. The summed E-state index contributed by atoms with van der Waals surface area (Å²) in [6.07, 6.45) is 8.19. The zero-order valence-corrected chi connectivity index (χ0v) is 15.5. The predicted octanol–water partition coefficient (Wildman–Crippen LogP) is 3.56. The van der Waals surface area contributed by atoms with E-state index in [-0.39, 0.29) is 5.75 Å². The molecule has 4 aromatic rings. The Morgan fingerprint density at radius 1 is 1.23 bits per heavy atom. The number of nitrogens with zero attached hydrogens (tertiary/aromatic N) is 5. The summed E-state index contributed by atoms with van der Waals surface area (Å²) in [5.41, 5.74) is 2.07. The Labute approximate surface area is 158 Å². The van der Waals surface area contributed by atoms with Crippen LogP contribution in [0.3, 0.4) is 0 Å². The first kappa shape index (κ1) is 16.6. The van der Waals surface area contributed by atoms with Gasteiger partial charge in [0.05, 0.1) is 22.7 Å². The summed E-state index contributed by atoms with van der Waals surface area (Å²) in [6, 6.07) is 9.08. The van der Waals surface area contributed by atoms with Gasteiger partial charge in [0.25, 0.3) is 0 Å². The molecule has 0 atom stereocenters. The van der Waals surface area contributed by atoms with Gasteiger partial charge in [-0.25, -0.2) is 9.97 Å². The molecule has 7 nitrogen and oxygen atoms in total. The standard InChI is InChI=1S/C18H17BrN6O/c19-14-11-22-25-17(21-6-3-8-24-9-7-20-12-24)10-15(23-18(14)25)13-4-1-2-5-16(13)26/h1-2,4-5,7,9-12,21,26H,3,6,8H2. The molecule has 0 spiro atoms. The van der Waals surface area contributed by atoms with Crippen LogP contribution in [0.4, 0.5) is 5.82 Å². The number of nitrogens with one attached hydrogen (secondary N) is 1. The minimum absolute atomic E-state index is 0.200. The van der Waals surface area contributed by atoms with Gasteiger partial charge < -0.3 is 15.0 Å². The van der Waals surface area contributed by atoms with Crippen LogP contribution in [0.1, 0.15) is 6.42 Å². The smallest absolute Gasteiger partial charge is 0.172 e. The number of hydrogen-bond donors (Lipinski definition) is 2. The summed E-state index contributed by atoms with van der Waals surface area (Å²) >= 11 is 3.49. The first-order valence-electron chi connectivity index (χ1n) is 8.24. The van der Waals surface area contributed by atoms with Crippen molar-refractivity contribution in [2.24, 2.45) is 0 Å². The number of para-hydroxylation sites is 1. The Morgan fingerprint density at radius 2 is 2.12 bits per heavy atom. The van der Waals surface area contributed by atoms with Crippen molar-refractivity contribution < 1.29 is 5.11 Å². The van der Waals surface area contributed by atoms with Crippen LogP contribution in [0.15, 0.2) is 59.7 Å². The molecule has 0 aliphatic rings. The summed E-state index contributed by atoms with van der Waals surface area (Å²) in [6.45, 7) is 1.66. The van der Waals surface area contributed by atoms with Crippen LogP contribution in [-0.4, -0.2) is 35.8 Å². The van der Waals surface area contributed by atoms with Gasteiger partial charge in [0.15, 0.2) is 5.65 Å². The minimum atomic E-state index is 0.200. The predicted molar refractivity (Wildman–Crippen MR) is 103 cm³/mol. The average molecular weight is 413 g/mol. The lowest BCUT2D eigenvalue weighted by molar-refractivity contribution is 0.477. The SMILES string of the molecule is Oc1ccccc1-c1cc(NCCCn2ccnc2)n2ncc(Br)c2n1. The minimum Gasteiger partial charge on any atom is -0.507 e. The van der Waals surface area contributed by atoms with Crippen LogP contribution in [0.5, 0.6) is 5.75 Å². The number of rotatable bonds is 6. The maximum absolute atomic E-state index is 10.2. The highest BCUT2D eigenvalue weighted by atomic mass is 79.9. The fraction of sp³-hybridized carbons (Fsp3) is 0.167. The third kappa shape index (κ3) is 3.28. The lowest BCUT2D eigenvalue weighted by Crippen LogP contribution is -2.10. The number of phenols is 1. The van der Waals surface area contributed by atoms with E-state index in [2.05, 4.69) is 36.3 Å². The first-order valence-corrected chi connectivity index (χ1v) is 9.04. The highest BCUT2D eigenvalue weighted by Gasteiger charge is 2.13. The maximum Gasteiger partial charge on any atom is 0.172 e. The molecule has 3 heterocycles. The molecule has 0 unspecified atom stereocenters. The van der Waals surface area contributed by atoms with Crippen molar-refractivity contribution in [1.29, 1.82) is 0 Å². The van der Waals surface area contributed by atoms with E-state index < -0.39 is 0 Å². The normalized spacial score (nSPS) is 11.1. The maximum atomic E-state index is 10.2. The molecule has 0 aliphatic heterocycles. The molecule has 8 heteroatoms. The molecule has 3 aromatic heterocycles. The van der Waals surface area contributed by atoms with Gasteiger partial charge in [-0.15, -0.1) is 0 Å². The van der Waals surface area contributed by atoms with Crippen molar-refractivity contribution in [2.75, 3.05) is 11.9 Å². The van der Waals surface area contributed by atoms with E-state index in [1.54, 1.807) is 29.0 Å². The van der Waals surface area contributed by atoms with E-state index >= 15 is 0 Å². The molecule has 0 bridgehead atoms. The third-order valence-electron chi connectivity index (χ3n) is 4.07. The molecule has 2 N–H and O–H groups in total. The topological polar surface area (TPSA) is 80.3 Å². The number of aryl methyl sites for hydroxylation is 1. The van der Waals surface area contributed by atoms with Gasteiger partial charge in [-0.2, -0.15) is 9.61 Å². The van der Waals surface area contributed by atoms with Gasteiger partial charge in [-0.1, -0.05) is 12.1 Å².